The lowest BCUT2D eigenvalue weighted by molar-refractivity contribution is 0.954. The van der Waals surface area contributed by atoms with E-state index in [1.165, 1.54) is 0 Å². The molecule has 6 aromatic carbocycles. The Morgan fingerprint density at radius 2 is 0.957 bits per heavy atom. The van der Waals surface area contributed by atoms with E-state index in [4.69, 9.17) is 19.9 Å². The normalized spacial score (nSPS) is 11.8. The fourth-order valence-electron chi connectivity index (χ4n) is 6.85. The molecule has 0 radical (unpaired) electrons. The molecule has 0 aliphatic carbocycles. The van der Waals surface area contributed by atoms with E-state index in [2.05, 4.69) is 98.5 Å². The minimum Gasteiger partial charge on any atom is -0.278 e. The molecule has 4 aromatic heterocycles. The summed E-state index contributed by atoms with van der Waals surface area (Å²) >= 11 is 0. The Hall–Kier alpha value is -6.60. The van der Waals surface area contributed by atoms with E-state index in [-0.39, 0.29) is 0 Å². The van der Waals surface area contributed by atoms with Gasteiger partial charge >= 0.3 is 0 Å². The van der Waals surface area contributed by atoms with Crippen LogP contribution in [0.25, 0.3) is 84.1 Å². The standard InChI is InChI=1S/C40H25N7/c1-4-14-26(15-5-1)37-42-38(27-16-6-2-7-17-27)44-39(43-37)47-31-21-11-10-20-29(31)30-24-25-34-35(36(30)47)41-40-45(28-18-8-3-9-19-28)32-22-12-13-23-33(32)46(34)40/h1-25H. The fraction of sp³-hybridized carbons (Fsp3) is 0. The second-order valence-electron chi connectivity index (χ2n) is 11.6. The SMILES string of the molecule is c1ccc(-c2nc(-c3ccccc3)nc(-n3c4ccccc4c4ccc5c(nc6n(-c7ccccc7)c7ccccc7n56)c43)n2)cc1. The maximum atomic E-state index is 5.43. The molecule has 7 nitrogen and oxygen atoms in total. The highest BCUT2D eigenvalue weighted by molar-refractivity contribution is 6.18. The molecule has 0 amide bonds. The van der Waals surface area contributed by atoms with Gasteiger partial charge in [-0.25, -0.2) is 9.97 Å². The third-order valence-corrected chi connectivity index (χ3v) is 8.91. The van der Waals surface area contributed by atoms with Crippen LogP contribution in [0.4, 0.5) is 0 Å². The van der Waals surface area contributed by atoms with Gasteiger partial charge in [-0.15, -0.1) is 0 Å². The van der Waals surface area contributed by atoms with E-state index >= 15 is 0 Å². The number of nitrogens with zero attached hydrogens (tertiary/aromatic N) is 7. The Kier molecular flexibility index (Phi) is 5.44. The molecule has 0 aliphatic heterocycles. The van der Waals surface area contributed by atoms with Crippen molar-refractivity contribution in [3.05, 3.63) is 152 Å². The largest absolute Gasteiger partial charge is 0.278 e. The van der Waals surface area contributed by atoms with Crippen molar-refractivity contribution in [2.75, 3.05) is 0 Å². The van der Waals surface area contributed by atoms with Gasteiger partial charge in [0.25, 0.3) is 0 Å². The third kappa shape index (κ3) is 3.80. The number of para-hydroxylation sites is 4. The Bertz CT molecular complexity index is 2720. The van der Waals surface area contributed by atoms with Gasteiger partial charge in [0.2, 0.25) is 11.7 Å². The molecule has 0 unspecified atom stereocenters. The van der Waals surface area contributed by atoms with E-state index < -0.39 is 0 Å². The van der Waals surface area contributed by atoms with Crippen LogP contribution in [-0.2, 0) is 0 Å². The topological polar surface area (TPSA) is 65.8 Å². The second-order valence-corrected chi connectivity index (χ2v) is 11.6. The molecule has 4 heterocycles. The molecule has 10 aromatic rings. The van der Waals surface area contributed by atoms with Crippen LogP contribution < -0.4 is 0 Å². The van der Waals surface area contributed by atoms with Gasteiger partial charge in [-0.1, -0.05) is 109 Å². The second kappa shape index (κ2) is 9.95. The van der Waals surface area contributed by atoms with Crippen molar-refractivity contribution in [2.24, 2.45) is 0 Å². The molecule has 220 valence electrons. The minimum absolute atomic E-state index is 0.546. The van der Waals surface area contributed by atoms with Gasteiger partial charge in [-0.3, -0.25) is 13.5 Å². The maximum Gasteiger partial charge on any atom is 0.238 e. The monoisotopic (exact) mass is 603 g/mol. The first-order valence-electron chi connectivity index (χ1n) is 15.6. The van der Waals surface area contributed by atoms with Gasteiger partial charge in [0.05, 0.1) is 27.6 Å². The summed E-state index contributed by atoms with van der Waals surface area (Å²) in [7, 11) is 0. The van der Waals surface area contributed by atoms with Crippen LogP contribution in [0, 0.1) is 0 Å². The Labute approximate surface area is 268 Å². The molecular formula is C40H25N7. The first kappa shape index (κ1) is 25.7. The zero-order valence-electron chi connectivity index (χ0n) is 25.1. The predicted octanol–water partition coefficient (Wildman–Crippen LogP) is 9.05. The van der Waals surface area contributed by atoms with E-state index in [1.54, 1.807) is 0 Å². The number of hydrogen-bond acceptors (Lipinski definition) is 4. The Morgan fingerprint density at radius 3 is 1.64 bits per heavy atom. The molecule has 0 saturated carbocycles. The van der Waals surface area contributed by atoms with Crippen molar-refractivity contribution in [3.63, 3.8) is 0 Å². The number of fused-ring (bicyclic) bond motifs is 9. The van der Waals surface area contributed by atoms with Crippen LogP contribution in [-0.4, -0.2) is 33.5 Å². The molecular weight excluding hydrogens is 578 g/mol. The van der Waals surface area contributed by atoms with Gasteiger partial charge in [-0.2, -0.15) is 9.97 Å². The van der Waals surface area contributed by atoms with Gasteiger partial charge in [-0.05, 0) is 42.5 Å². The first-order valence-corrected chi connectivity index (χ1v) is 15.6. The third-order valence-electron chi connectivity index (χ3n) is 8.91. The maximum absolute atomic E-state index is 5.43. The van der Waals surface area contributed by atoms with Crippen LogP contribution in [0.15, 0.2) is 152 Å². The predicted molar refractivity (Wildman–Crippen MR) is 188 cm³/mol. The van der Waals surface area contributed by atoms with Crippen molar-refractivity contribution in [1.82, 2.24) is 33.5 Å². The average molecular weight is 604 g/mol. The minimum atomic E-state index is 0.546. The highest BCUT2D eigenvalue weighted by atomic mass is 15.2. The zero-order chi connectivity index (χ0) is 30.9. The molecule has 0 fully saturated rings. The summed E-state index contributed by atoms with van der Waals surface area (Å²) < 4.78 is 6.66. The van der Waals surface area contributed by atoms with Gasteiger partial charge in [0.15, 0.2) is 11.6 Å². The average Bonchev–Trinajstić information content (AvgIpc) is 3.79. The van der Waals surface area contributed by atoms with Crippen LogP contribution in [0.3, 0.4) is 0 Å². The van der Waals surface area contributed by atoms with E-state index in [0.29, 0.717) is 17.6 Å². The molecule has 7 heteroatoms. The summed E-state index contributed by atoms with van der Waals surface area (Å²) in [6, 6.07) is 51.9. The lowest BCUT2D eigenvalue weighted by atomic mass is 10.1. The van der Waals surface area contributed by atoms with Gasteiger partial charge in [0.1, 0.15) is 5.52 Å². The molecule has 0 bridgehead atoms. The zero-order valence-corrected chi connectivity index (χ0v) is 25.1. The van der Waals surface area contributed by atoms with Gasteiger partial charge in [0, 0.05) is 27.6 Å². The lowest BCUT2D eigenvalue weighted by Gasteiger charge is -2.11. The number of benzene rings is 6. The molecule has 0 aliphatic rings. The van der Waals surface area contributed by atoms with Crippen molar-refractivity contribution < 1.29 is 0 Å². The molecule has 0 atom stereocenters. The van der Waals surface area contributed by atoms with E-state index in [0.717, 1.165) is 66.5 Å². The lowest BCUT2D eigenvalue weighted by Crippen LogP contribution is -2.06. The smallest absolute Gasteiger partial charge is 0.238 e. The fourth-order valence-corrected chi connectivity index (χ4v) is 6.85. The Balaban J connectivity index is 1.35. The van der Waals surface area contributed by atoms with Crippen molar-refractivity contribution in [3.8, 4) is 34.4 Å². The van der Waals surface area contributed by atoms with E-state index in [9.17, 15) is 0 Å². The highest BCUT2D eigenvalue weighted by Gasteiger charge is 2.23. The molecule has 10 rings (SSSR count). The van der Waals surface area contributed by atoms with Crippen LogP contribution in [0.1, 0.15) is 0 Å². The summed E-state index contributed by atoms with van der Waals surface area (Å²) in [6.45, 7) is 0. The number of rotatable bonds is 4. The molecule has 47 heavy (non-hydrogen) atoms. The van der Waals surface area contributed by atoms with Crippen molar-refractivity contribution >= 4 is 49.7 Å². The molecule has 0 N–H and O–H groups in total. The quantitative estimate of drug-likeness (QED) is 0.201. The summed E-state index contributed by atoms with van der Waals surface area (Å²) in [6.07, 6.45) is 0. The van der Waals surface area contributed by atoms with E-state index in [1.807, 2.05) is 66.7 Å². The number of imidazole rings is 2. The first-order chi connectivity index (χ1) is 23.3. The van der Waals surface area contributed by atoms with Gasteiger partial charge < -0.3 is 0 Å². The summed E-state index contributed by atoms with van der Waals surface area (Å²) in [5, 5.41) is 2.20. The summed E-state index contributed by atoms with van der Waals surface area (Å²) in [5.41, 5.74) is 8.96. The molecule has 0 saturated heterocycles. The summed E-state index contributed by atoms with van der Waals surface area (Å²) in [4.78, 5) is 20.7. The van der Waals surface area contributed by atoms with Crippen molar-refractivity contribution in [1.29, 1.82) is 0 Å². The van der Waals surface area contributed by atoms with Crippen LogP contribution >= 0.6 is 0 Å². The summed E-state index contributed by atoms with van der Waals surface area (Å²) in [5.74, 6) is 2.63. The Morgan fingerprint density at radius 1 is 0.383 bits per heavy atom. The molecule has 0 spiro atoms. The number of hydrogen-bond donors (Lipinski definition) is 0. The highest BCUT2D eigenvalue weighted by Crippen LogP contribution is 2.38. The number of aromatic nitrogens is 7. The van der Waals surface area contributed by atoms with Crippen LogP contribution in [0.2, 0.25) is 0 Å². The van der Waals surface area contributed by atoms with Crippen molar-refractivity contribution in [2.45, 2.75) is 0 Å². The van der Waals surface area contributed by atoms with Crippen LogP contribution in [0.5, 0.6) is 0 Å².